The summed E-state index contributed by atoms with van der Waals surface area (Å²) in [4.78, 5) is 17.1. The summed E-state index contributed by atoms with van der Waals surface area (Å²) in [6.07, 6.45) is 0. The van der Waals surface area contributed by atoms with Crippen molar-refractivity contribution in [3.63, 3.8) is 0 Å². The predicted octanol–water partition coefficient (Wildman–Crippen LogP) is 2.34. The van der Waals surface area contributed by atoms with Crippen LogP contribution < -0.4 is 16.0 Å². The fourth-order valence-corrected chi connectivity index (χ4v) is 2.02. The van der Waals surface area contributed by atoms with Gasteiger partial charge in [-0.15, -0.1) is 0 Å². The summed E-state index contributed by atoms with van der Waals surface area (Å²) in [5.74, 6) is 0.673. The summed E-state index contributed by atoms with van der Waals surface area (Å²) in [5.41, 5.74) is 6.16. The highest BCUT2D eigenvalue weighted by molar-refractivity contribution is 7.71. The third-order valence-corrected chi connectivity index (χ3v) is 2.84. The number of hydrogen-bond acceptors (Lipinski definition) is 4. The molecule has 0 radical (unpaired) electrons. The first-order chi connectivity index (χ1) is 8.52. The van der Waals surface area contributed by atoms with E-state index in [9.17, 15) is 4.79 Å². The normalized spacial score (nSPS) is 10.3. The molecule has 0 aliphatic rings. The number of ether oxygens (including phenoxy) is 1. The van der Waals surface area contributed by atoms with Crippen molar-refractivity contribution in [1.82, 2.24) is 9.97 Å². The lowest BCUT2D eigenvalue weighted by atomic mass is 10.1. The third-order valence-electron chi connectivity index (χ3n) is 2.40. The molecule has 5 nitrogen and oxygen atoms in total. The molecule has 0 fully saturated rings. The van der Waals surface area contributed by atoms with Crippen LogP contribution in [0.5, 0.6) is 5.75 Å². The van der Waals surface area contributed by atoms with E-state index in [4.69, 9.17) is 34.3 Å². The molecule has 0 atom stereocenters. The quantitative estimate of drug-likeness (QED) is 0.739. The minimum Gasteiger partial charge on any atom is -0.496 e. The van der Waals surface area contributed by atoms with Gasteiger partial charge in [-0.25, -0.2) is 0 Å². The van der Waals surface area contributed by atoms with Gasteiger partial charge in [-0.1, -0.05) is 11.6 Å². The predicted molar refractivity (Wildman–Crippen MR) is 73.7 cm³/mol. The van der Waals surface area contributed by atoms with E-state index in [1.54, 1.807) is 18.2 Å². The molecule has 2 rings (SSSR count). The molecule has 2 aromatic rings. The van der Waals surface area contributed by atoms with Crippen molar-refractivity contribution in [1.29, 1.82) is 0 Å². The summed E-state index contributed by atoms with van der Waals surface area (Å²) in [6, 6.07) is 4.94. The molecule has 18 heavy (non-hydrogen) atoms. The summed E-state index contributed by atoms with van der Waals surface area (Å²) in [5, 5.41) is 0.479. The van der Waals surface area contributed by atoms with Crippen LogP contribution in [0.25, 0.3) is 11.1 Å². The van der Waals surface area contributed by atoms with Crippen molar-refractivity contribution in [3.05, 3.63) is 38.3 Å². The first-order valence-electron chi connectivity index (χ1n) is 4.99. The van der Waals surface area contributed by atoms with Gasteiger partial charge >= 0.3 is 0 Å². The van der Waals surface area contributed by atoms with Crippen LogP contribution >= 0.6 is 23.8 Å². The Morgan fingerprint density at radius 2 is 2.11 bits per heavy atom. The number of rotatable bonds is 2. The van der Waals surface area contributed by atoms with E-state index in [0.717, 1.165) is 0 Å². The topological polar surface area (TPSA) is 83.9 Å². The maximum absolute atomic E-state index is 11.9. The number of nitrogens with two attached hydrogens (primary N) is 1. The SMILES string of the molecule is COc1ccc(Cl)cc1-c1c(N)[nH]c(=S)[nH]c1=O. The second-order valence-corrected chi connectivity index (χ2v) is 4.39. The van der Waals surface area contributed by atoms with Gasteiger partial charge in [-0.3, -0.25) is 9.78 Å². The molecule has 0 unspecified atom stereocenters. The van der Waals surface area contributed by atoms with E-state index < -0.39 is 5.56 Å². The maximum Gasteiger partial charge on any atom is 0.261 e. The summed E-state index contributed by atoms with van der Waals surface area (Å²) >= 11 is 10.8. The second kappa shape index (κ2) is 4.83. The average Bonchev–Trinajstić information content (AvgIpc) is 2.28. The van der Waals surface area contributed by atoms with Gasteiger partial charge in [-0.2, -0.15) is 0 Å². The zero-order valence-corrected chi connectivity index (χ0v) is 11.0. The first kappa shape index (κ1) is 12.7. The van der Waals surface area contributed by atoms with Gasteiger partial charge in [0.1, 0.15) is 11.6 Å². The number of nitrogens with one attached hydrogen (secondary N) is 2. The highest BCUT2D eigenvalue weighted by atomic mass is 35.5. The lowest BCUT2D eigenvalue weighted by Crippen LogP contribution is -2.14. The van der Waals surface area contributed by atoms with Gasteiger partial charge in [0.15, 0.2) is 4.77 Å². The zero-order valence-electron chi connectivity index (χ0n) is 9.41. The van der Waals surface area contributed by atoms with Gasteiger partial charge < -0.3 is 15.5 Å². The fraction of sp³-hybridized carbons (Fsp3) is 0.0909. The molecule has 0 amide bonds. The van der Waals surface area contributed by atoms with Crippen molar-refractivity contribution in [2.24, 2.45) is 0 Å². The number of aromatic amines is 2. The van der Waals surface area contributed by atoms with Crippen LogP contribution in [0, 0.1) is 4.77 Å². The molecule has 0 aliphatic heterocycles. The Balaban J connectivity index is 2.80. The van der Waals surface area contributed by atoms with E-state index in [1.807, 2.05) is 0 Å². The third kappa shape index (κ3) is 2.25. The van der Waals surface area contributed by atoms with Crippen molar-refractivity contribution in [2.45, 2.75) is 0 Å². The van der Waals surface area contributed by atoms with Gasteiger partial charge in [0.05, 0.1) is 12.7 Å². The van der Waals surface area contributed by atoms with Crippen LogP contribution in [0.3, 0.4) is 0 Å². The molecule has 1 aromatic carbocycles. The molecule has 0 saturated heterocycles. The number of H-pyrrole nitrogens is 2. The van der Waals surface area contributed by atoms with Crippen molar-refractivity contribution < 1.29 is 4.74 Å². The Kier molecular flexibility index (Phi) is 3.40. The molecule has 4 N–H and O–H groups in total. The Morgan fingerprint density at radius 3 is 2.72 bits per heavy atom. The monoisotopic (exact) mass is 283 g/mol. The smallest absolute Gasteiger partial charge is 0.261 e. The number of nitrogen functional groups attached to an aromatic ring is 1. The van der Waals surface area contributed by atoms with Crippen LogP contribution in [0.2, 0.25) is 5.02 Å². The largest absolute Gasteiger partial charge is 0.496 e. The number of anilines is 1. The van der Waals surface area contributed by atoms with Crippen LogP contribution in [-0.4, -0.2) is 17.1 Å². The van der Waals surface area contributed by atoms with E-state index >= 15 is 0 Å². The molecular formula is C11H10ClN3O2S. The fourth-order valence-electron chi connectivity index (χ4n) is 1.65. The van der Waals surface area contributed by atoms with Gasteiger partial charge in [0, 0.05) is 10.6 Å². The van der Waals surface area contributed by atoms with Crippen molar-refractivity contribution in [3.8, 4) is 16.9 Å². The molecule has 94 valence electrons. The standard InChI is InChI=1S/C11H10ClN3O2S/c1-17-7-3-2-5(12)4-6(7)8-9(13)14-11(18)15-10(8)16/h2-4H,1H3,(H4,13,14,15,16,18). The molecule has 1 aromatic heterocycles. The van der Waals surface area contributed by atoms with Crippen LogP contribution in [0.4, 0.5) is 5.82 Å². The van der Waals surface area contributed by atoms with Crippen LogP contribution in [0.15, 0.2) is 23.0 Å². The molecule has 7 heteroatoms. The first-order valence-corrected chi connectivity index (χ1v) is 5.77. The number of aromatic nitrogens is 2. The second-order valence-electron chi connectivity index (χ2n) is 3.54. The Labute approximate surface area is 113 Å². The van der Waals surface area contributed by atoms with E-state index in [-0.39, 0.29) is 16.2 Å². The highest BCUT2D eigenvalue weighted by Gasteiger charge is 2.14. The maximum atomic E-state index is 11.9. The van der Waals surface area contributed by atoms with Gasteiger partial charge in [0.2, 0.25) is 0 Å². The van der Waals surface area contributed by atoms with Crippen molar-refractivity contribution in [2.75, 3.05) is 12.8 Å². The van der Waals surface area contributed by atoms with Crippen molar-refractivity contribution >= 4 is 29.6 Å². The zero-order chi connectivity index (χ0) is 13.3. The van der Waals surface area contributed by atoms with E-state index in [0.29, 0.717) is 16.3 Å². The van der Waals surface area contributed by atoms with Gasteiger partial charge in [-0.05, 0) is 30.4 Å². The van der Waals surface area contributed by atoms with E-state index in [1.165, 1.54) is 7.11 Å². The summed E-state index contributed by atoms with van der Waals surface area (Å²) < 4.78 is 5.36. The Hall–Kier alpha value is -1.79. The lowest BCUT2D eigenvalue weighted by Gasteiger charge is -2.10. The Bertz CT molecular complexity index is 708. The molecule has 0 saturated carbocycles. The van der Waals surface area contributed by atoms with E-state index in [2.05, 4.69) is 9.97 Å². The molecule has 0 bridgehead atoms. The van der Waals surface area contributed by atoms with Crippen LogP contribution in [-0.2, 0) is 0 Å². The minimum atomic E-state index is -0.392. The average molecular weight is 284 g/mol. The molecule has 0 spiro atoms. The minimum absolute atomic E-state index is 0.169. The number of benzene rings is 1. The molecule has 1 heterocycles. The number of halogens is 1. The summed E-state index contributed by atoms with van der Waals surface area (Å²) in [6.45, 7) is 0. The lowest BCUT2D eigenvalue weighted by molar-refractivity contribution is 0.416. The molecule has 0 aliphatic carbocycles. The molecular weight excluding hydrogens is 274 g/mol. The number of methoxy groups -OCH3 is 1. The number of hydrogen-bond donors (Lipinski definition) is 3. The van der Waals surface area contributed by atoms with Gasteiger partial charge in [0.25, 0.3) is 5.56 Å². The van der Waals surface area contributed by atoms with Crippen LogP contribution in [0.1, 0.15) is 0 Å². The highest BCUT2D eigenvalue weighted by Crippen LogP contribution is 2.32. The summed E-state index contributed by atoms with van der Waals surface area (Å²) in [7, 11) is 1.50. The Morgan fingerprint density at radius 1 is 1.39 bits per heavy atom.